The van der Waals surface area contributed by atoms with Gasteiger partial charge in [0.2, 0.25) is 0 Å². The monoisotopic (exact) mass is 358 g/mol. The third kappa shape index (κ3) is 4.49. The van der Waals surface area contributed by atoms with Gasteiger partial charge in [0, 0.05) is 11.6 Å². The minimum absolute atomic E-state index is 0.0174. The van der Waals surface area contributed by atoms with Gasteiger partial charge in [0.05, 0.1) is 12.1 Å². The summed E-state index contributed by atoms with van der Waals surface area (Å²) in [5.41, 5.74) is 3.79. The van der Waals surface area contributed by atoms with Crippen molar-refractivity contribution in [1.82, 2.24) is 5.43 Å². The van der Waals surface area contributed by atoms with Gasteiger partial charge in [0.15, 0.2) is 0 Å². The lowest BCUT2D eigenvalue weighted by Gasteiger charge is -2.34. The number of hydrogen-bond donors (Lipinski definition) is 2. The first-order chi connectivity index (χ1) is 10.2. The Balaban J connectivity index is 2.11. The van der Waals surface area contributed by atoms with Gasteiger partial charge in [0.25, 0.3) is 0 Å². The molecule has 3 N–H and O–H groups in total. The molecule has 21 heavy (non-hydrogen) atoms. The molecule has 1 aromatic carbocycles. The van der Waals surface area contributed by atoms with E-state index in [-0.39, 0.29) is 18.0 Å². The Morgan fingerprint density at radius 3 is 2.71 bits per heavy atom. The quantitative estimate of drug-likeness (QED) is 0.603. The predicted molar refractivity (Wildman–Crippen MR) is 86.3 cm³/mol. The molecule has 2 atom stereocenters. The van der Waals surface area contributed by atoms with E-state index in [0.29, 0.717) is 12.3 Å². The zero-order valence-electron chi connectivity index (χ0n) is 12.4. The highest BCUT2D eigenvalue weighted by Crippen LogP contribution is 2.30. The van der Waals surface area contributed by atoms with Crippen LogP contribution in [0.25, 0.3) is 0 Å². The Kier molecular flexibility index (Phi) is 6.61. The maximum atomic E-state index is 13.4. The maximum Gasteiger partial charge on any atom is 0.123 e. The van der Waals surface area contributed by atoms with E-state index in [0.717, 1.165) is 10.0 Å². The lowest BCUT2D eigenvalue weighted by molar-refractivity contribution is 0.00822. The summed E-state index contributed by atoms with van der Waals surface area (Å²) in [6.07, 6.45) is 6.89. The van der Waals surface area contributed by atoms with Crippen molar-refractivity contribution in [3.63, 3.8) is 0 Å². The molecule has 2 rings (SSSR count). The molecule has 1 fully saturated rings. The normalized spacial score (nSPS) is 19.4. The summed E-state index contributed by atoms with van der Waals surface area (Å²) < 4.78 is 20.1. The van der Waals surface area contributed by atoms with Crippen molar-refractivity contribution in [1.29, 1.82) is 0 Å². The molecule has 5 heteroatoms. The minimum Gasteiger partial charge on any atom is -0.379 e. The second-order valence-electron chi connectivity index (χ2n) is 5.81. The molecule has 0 amide bonds. The molecule has 0 aromatic heterocycles. The third-order valence-corrected chi connectivity index (χ3v) is 5.22. The minimum atomic E-state index is -0.226. The smallest absolute Gasteiger partial charge is 0.123 e. The molecule has 2 unspecified atom stereocenters. The van der Waals surface area contributed by atoms with Crippen LogP contribution in [0.1, 0.15) is 37.7 Å². The average Bonchev–Trinajstić information content (AvgIpc) is 2.51. The Morgan fingerprint density at radius 1 is 1.38 bits per heavy atom. The van der Waals surface area contributed by atoms with Crippen LogP contribution in [0.15, 0.2) is 22.7 Å². The van der Waals surface area contributed by atoms with Gasteiger partial charge in [-0.25, -0.2) is 4.39 Å². The number of hydrazine groups is 1. The first-order valence-corrected chi connectivity index (χ1v) is 8.38. The van der Waals surface area contributed by atoms with E-state index < -0.39 is 0 Å². The van der Waals surface area contributed by atoms with Crippen LogP contribution in [0.2, 0.25) is 0 Å². The van der Waals surface area contributed by atoms with Gasteiger partial charge < -0.3 is 4.74 Å². The van der Waals surface area contributed by atoms with Gasteiger partial charge in [0.1, 0.15) is 5.82 Å². The summed E-state index contributed by atoms with van der Waals surface area (Å²) in [6.45, 7) is 0. The highest BCUT2D eigenvalue weighted by atomic mass is 79.9. The fourth-order valence-electron chi connectivity index (χ4n) is 3.35. The summed E-state index contributed by atoms with van der Waals surface area (Å²) >= 11 is 3.48. The number of rotatable bonds is 6. The van der Waals surface area contributed by atoms with E-state index in [2.05, 4.69) is 21.4 Å². The molecule has 0 bridgehead atoms. The van der Waals surface area contributed by atoms with Crippen LogP contribution < -0.4 is 11.3 Å². The SMILES string of the molecule is COC(C1CCCCC1)C(Cc1cc(F)ccc1Br)NN. The van der Waals surface area contributed by atoms with Crippen molar-refractivity contribution in [2.75, 3.05) is 7.11 Å². The predicted octanol–water partition coefficient (Wildman–Crippen LogP) is 3.56. The molecule has 1 saturated carbocycles. The highest BCUT2D eigenvalue weighted by Gasteiger charge is 2.30. The molecule has 0 saturated heterocycles. The number of ether oxygens (including phenoxy) is 1. The molecule has 0 aliphatic heterocycles. The zero-order valence-corrected chi connectivity index (χ0v) is 14.0. The molecule has 1 aliphatic carbocycles. The molecule has 0 spiro atoms. The maximum absolute atomic E-state index is 13.4. The van der Waals surface area contributed by atoms with Crippen molar-refractivity contribution in [3.05, 3.63) is 34.1 Å². The Morgan fingerprint density at radius 2 is 2.10 bits per heavy atom. The number of nitrogens with one attached hydrogen (secondary N) is 1. The molecule has 0 radical (unpaired) electrons. The number of methoxy groups -OCH3 is 1. The van der Waals surface area contributed by atoms with Crippen molar-refractivity contribution >= 4 is 15.9 Å². The van der Waals surface area contributed by atoms with E-state index in [9.17, 15) is 4.39 Å². The van der Waals surface area contributed by atoms with E-state index in [1.807, 2.05) is 0 Å². The van der Waals surface area contributed by atoms with E-state index in [1.165, 1.54) is 38.2 Å². The molecule has 1 aliphatic rings. The summed E-state index contributed by atoms with van der Waals surface area (Å²) in [4.78, 5) is 0. The van der Waals surface area contributed by atoms with Crippen LogP contribution >= 0.6 is 15.9 Å². The second kappa shape index (κ2) is 8.22. The summed E-state index contributed by atoms with van der Waals surface area (Å²) in [7, 11) is 1.74. The average molecular weight is 359 g/mol. The fourth-order valence-corrected chi connectivity index (χ4v) is 3.76. The molecule has 3 nitrogen and oxygen atoms in total. The summed E-state index contributed by atoms with van der Waals surface area (Å²) in [5.74, 6) is 6.05. The van der Waals surface area contributed by atoms with Crippen LogP contribution in [-0.4, -0.2) is 19.3 Å². The highest BCUT2D eigenvalue weighted by molar-refractivity contribution is 9.10. The van der Waals surface area contributed by atoms with Crippen LogP contribution in [0.5, 0.6) is 0 Å². The first kappa shape index (κ1) is 16.9. The number of benzene rings is 1. The molecule has 118 valence electrons. The van der Waals surface area contributed by atoms with Gasteiger partial charge in [-0.1, -0.05) is 35.2 Å². The van der Waals surface area contributed by atoms with Crippen molar-refractivity contribution in [2.24, 2.45) is 11.8 Å². The second-order valence-corrected chi connectivity index (χ2v) is 6.67. The number of hydrogen-bond acceptors (Lipinski definition) is 3. The third-order valence-electron chi connectivity index (χ3n) is 4.44. The van der Waals surface area contributed by atoms with Gasteiger partial charge in [-0.05, 0) is 48.9 Å². The Bertz CT molecular complexity index is 452. The van der Waals surface area contributed by atoms with E-state index >= 15 is 0 Å². The molecular weight excluding hydrogens is 335 g/mol. The van der Waals surface area contributed by atoms with E-state index in [1.54, 1.807) is 19.2 Å². The van der Waals surface area contributed by atoms with Crippen molar-refractivity contribution in [3.8, 4) is 0 Å². The molecule has 1 aromatic rings. The van der Waals surface area contributed by atoms with Gasteiger partial charge >= 0.3 is 0 Å². The van der Waals surface area contributed by atoms with Crippen molar-refractivity contribution < 1.29 is 9.13 Å². The van der Waals surface area contributed by atoms with Gasteiger partial charge in [-0.15, -0.1) is 0 Å². The van der Waals surface area contributed by atoms with Gasteiger partial charge in [-0.3, -0.25) is 11.3 Å². The Labute approximate surface area is 134 Å². The number of halogens is 2. The summed E-state index contributed by atoms with van der Waals surface area (Å²) in [6, 6.07) is 4.73. The molecule has 0 heterocycles. The summed E-state index contributed by atoms with van der Waals surface area (Å²) in [5, 5.41) is 0. The van der Waals surface area contributed by atoms with Crippen LogP contribution in [0, 0.1) is 11.7 Å². The first-order valence-electron chi connectivity index (χ1n) is 7.58. The lowest BCUT2D eigenvalue weighted by atomic mass is 9.81. The zero-order chi connectivity index (χ0) is 15.2. The largest absolute Gasteiger partial charge is 0.379 e. The standard InChI is InChI=1S/C16H24BrFN2O/c1-21-16(11-5-3-2-4-6-11)15(20-19)10-12-9-13(18)7-8-14(12)17/h7-9,11,15-16,20H,2-6,10,19H2,1H3. The van der Waals surface area contributed by atoms with E-state index in [4.69, 9.17) is 10.6 Å². The fraction of sp³-hybridized carbons (Fsp3) is 0.625. The van der Waals surface area contributed by atoms with Crippen LogP contribution in [0.3, 0.4) is 0 Å². The van der Waals surface area contributed by atoms with Crippen molar-refractivity contribution in [2.45, 2.75) is 50.7 Å². The topological polar surface area (TPSA) is 47.3 Å². The van der Waals surface area contributed by atoms with Gasteiger partial charge in [-0.2, -0.15) is 0 Å². The lowest BCUT2D eigenvalue weighted by Crippen LogP contribution is -2.49. The van der Waals surface area contributed by atoms with Crippen LogP contribution in [0.4, 0.5) is 4.39 Å². The molecular formula is C16H24BrFN2O. The Hall–Kier alpha value is -0.490. The van der Waals surface area contributed by atoms with Crippen LogP contribution in [-0.2, 0) is 11.2 Å². The number of nitrogens with two attached hydrogens (primary N) is 1.